The Kier molecular flexibility index (Phi) is 4.23. The zero-order valence-electron chi connectivity index (χ0n) is 10.9. The fourth-order valence-electron chi connectivity index (χ4n) is 2.86. The summed E-state index contributed by atoms with van der Waals surface area (Å²) in [5, 5.41) is 0. The van der Waals surface area contributed by atoms with Crippen molar-refractivity contribution in [1.29, 1.82) is 0 Å². The molecule has 1 heterocycles. The number of ether oxygens (including phenoxy) is 1. The van der Waals surface area contributed by atoms with Crippen LogP contribution in [-0.2, 0) is 4.74 Å². The van der Waals surface area contributed by atoms with Crippen LogP contribution in [0, 0.1) is 6.92 Å². The standard InChI is InChI=1S/C14H23NOS/c1-3-16-14(9-5-4-6-10-14)13(15)12-8-7-11(2)17-12/h7-8,13H,3-6,9-10,15H2,1-2H3. The van der Waals surface area contributed by atoms with E-state index < -0.39 is 0 Å². The highest BCUT2D eigenvalue weighted by atomic mass is 32.1. The average molecular weight is 253 g/mol. The summed E-state index contributed by atoms with van der Waals surface area (Å²) >= 11 is 1.81. The van der Waals surface area contributed by atoms with Gasteiger partial charge >= 0.3 is 0 Å². The summed E-state index contributed by atoms with van der Waals surface area (Å²) in [5.41, 5.74) is 6.38. The zero-order valence-corrected chi connectivity index (χ0v) is 11.7. The molecule has 0 aromatic carbocycles. The van der Waals surface area contributed by atoms with Gasteiger partial charge in [-0.25, -0.2) is 0 Å². The van der Waals surface area contributed by atoms with Gasteiger partial charge in [-0.1, -0.05) is 19.3 Å². The fraction of sp³-hybridized carbons (Fsp3) is 0.714. The van der Waals surface area contributed by atoms with Crippen molar-refractivity contribution in [1.82, 2.24) is 0 Å². The smallest absolute Gasteiger partial charge is 0.0882 e. The molecule has 0 bridgehead atoms. The number of nitrogens with two attached hydrogens (primary N) is 1. The minimum Gasteiger partial charge on any atom is -0.373 e. The van der Waals surface area contributed by atoms with Crippen LogP contribution in [0.15, 0.2) is 12.1 Å². The summed E-state index contributed by atoms with van der Waals surface area (Å²) in [5.74, 6) is 0. The summed E-state index contributed by atoms with van der Waals surface area (Å²) in [6.45, 7) is 4.97. The Morgan fingerprint density at radius 1 is 1.35 bits per heavy atom. The van der Waals surface area contributed by atoms with Crippen molar-refractivity contribution in [3.63, 3.8) is 0 Å². The van der Waals surface area contributed by atoms with Crippen LogP contribution in [0.4, 0.5) is 0 Å². The Morgan fingerprint density at radius 2 is 2.06 bits per heavy atom. The highest BCUT2D eigenvalue weighted by molar-refractivity contribution is 7.12. The Labute approximate surface area is 108 Å². The highest BCUT2D eigenvalue weighted by Gasteiger charge is 2.39. The second-order valence-electron chi connectivity index (χ2n) is 4.98. The molecule has 2 nitrogen and oxygen atoms in total. The van der Waals surface area contributed by atoms with Crippen molar-refractivity contribution in [2.24, 2.45) is 5.73 Å². The van der Waals surface area contributed by atoms with Gasteiger partial charge in [-0.3, -0.25) is 0 Å². The molecule has 0 saturated heterocycles. The molecule has 96 valence electrons. The summed E-state index contributed by atoms with van der Waals surface area (Å²) in [4.78, 5) is 2.61. The lowest BCUT2D eigenvalue weighted by atomic mass is 9.79. The summed E-state index contributed by atoms with van der Waals surface area (Å²) in [6, 6.07) is 4.36. The van der Waals surface area contributed by atoms with Gasteiger partial charge in [0.25, 0.3) is 0 Å². The molecule has 17 heavy (non-hydrogen) atoms. The highest BCUT2D eigenvalue weighted by Crippen LogP contribution is 2.41. The molecule has 2 rings (SSSR count). The minimum absolute atomic E-state index is 0.0430. The molecule has 0 amide bonds. The van der Waals surface area contributed by atoms with Crippen LogP contribution in [-0.4, -0.2) is 12.2 Å². The summed E-state index contributed by atoms with van der Waals surface area (Å²) < 4.78 is 6.08. The predicted molar refractivity (Wildman–Crippen MR) is 73.4 cm³/mol. The molecular weight excluding hydrogens is 230 g/mol. The van der Waals surface area contributed by atoms with Crippen molar-refractivity contribution in [2.75, 3.05) is 6.61 Å². The largest absolute Gasteiger partial charge is 0.373 e. The topological polar surface area (TPSA) is 35.2 Å². The third-order valence-corrected chi connectivity index (χ3v) is 4.85. The molecule has 2 N–H and O–H groups in total. The molecule has 1 unspecified atom stereocenters. The first-order valence-electron chi connectivity index (χ1n) is 6.64. The van der Waals surface area contributed by atoms with Crippen LogP contribution in [0.2, 0.25) is 0 Å². The third kappa shape index (κ3) is 2.72. The SMILES string of the molecule is CCOC1(C(N)c2ccc(C)s2)CCCCC1. The second-order valence-corrected chi connectivity index (χ2v) is 6.30. The van der Waals surface area contributed by atoms with Gasteiger partial charge in [0.2, 0.25) is 0 Å². The van der Waals surface area contributed by atoms with E-state index in [2.05, 4.69) is 26.0 Å². The van der Waals surface area contributed by atoms with Crippen molar-refractivity contribution < 1.29 is 4.74 Å². The molecule has 0 radical (unpaired) electrons. The Morgan fingerprint density at radius 3 is 2.59 bits per heavy atom. The summed E-state index contributed by atoms with van der Waals surface area (Å²) in [7, 11) is 0. The first-order valence-corrected chi connectivity index (χ1v) is 7.45. The molecule has 1 aromatic rings. The van der Waals surface area contributed by atoms with Crippen molar-refractivity contribution in [2.45, 2.75) is 57.6 Å². The van der Waals surface area contributed by atoms with Gasteiger partial charge in [0.1, 0.15) is 0 Å². The molecule has 1 atom stereocenters. The Bertz CT molecular complexity index is 349. The van der Waals surface area contributed by atoms with E-state index in [9.17, 15) is 0 Å². The number of thiophene rings is 1. The number of rotatable bonds is 4. The molecule has 1 aliphatic rings. The van der Waals surface area contributed by atoms with E-state index in [4.69, 9.17) is 10.5 Å². The number of aryl methyl sites for hydroxylation is 1. The minimum atomic E-state index is -0.107. The normalized spacial score (nSPS) is 21.4. The lowest BCUT2D eigenvalue weighted by Crippen LogP contribution is -2.45. The van der Waals surface area contributed by atoms with Crippen molar-refractivity contribution in [3.05, 3.63) is 21.9 Å². The molecular formula is C14H23NOS. The van der Waals surface area contributed by atoms with Crippen LogP contribution in [0.1, 0.15) is 54.8 Å². The first kappa shape index (κ1) is 13.1. The number of hydrogen-bond acceptors (Lipinski definition) is 3. The van der Waals surface area contributed by atoms with Crippen LogP contribution < -0.4 is 5.73 Å². The fourth-order valence-corrected chi connectivity index (χ4v) is 3.85. The van der Waals surface area contributed by atoms with E-state index in [1.54, 1.807) is 0 Å². The van der Waals surface area contributed by atoms with Crippen LogP contribution in [0.3, 0.4) is 0 Å². The molecule has 1 aromatic heterocycles. The van der Waals surface area contributed by atoms with E-state index in [1.165, 1.54) is 29.0 Å². The quantitative estimate of drug-likeness (QED) is 0.886. The lowest BCUT2D eigenvalue weighted by Gasteiger charge is -2.41. The molecule has 1 fully saturated rings. The Balaban J connectivity index is 2.20. The van der Waals surface area contributed by atoms with Crippen LogP contribution in [0.25, 0.3) is 0 Å². The van der Waals surface area contributed by atoms with E-state index in [1.807, 2.05) is 11.3 Å². The third-order valence-electron chi connectivity index (χ3n) is 3.77. The molecule has 3 heteroatoms. The van der Waals surface area contributed by atoms with Gasteiger partial charge in [-0.2, -0.15) is 0 Å². The average Bonchev–Trinajstić information content (AvgIpc) is 2.76. The van der Waals surface area contributed by atoms with E-state index in [0.717, 1.165) is 19.4 Å². The van der Waals surface area contributed by atoms with E-state index in [0.29, 0.717) is 0 Å². The zero-order chi connectivity index (χ0) is 12.3. The van der Waals surface area contributed by atoms with Gasteiger partial charge in [-0.15, -0.1) is 11.3 Å². The molecule has 0 spiro atoms. The maximum atomic E-state index is 6.49. The maximum absolute atomic E-state index is 6.49. The second kappa shape index (κ2) is 5.51. The van der Waals surface area contributed by atoms with Gasteiger partial charge in [0.05, 0.1) is 11.6 Å². The lowest BCUT2D eigenvalue weighted by molar-refractivity contribution is -0.0824. The molecule has 1 saturated carbocycles. The Hall–Kier alpha value is -0.380. The first-order chi connectivity index (χ1) is 8.18. The molecule has 1 aliphatic carbocycles. The van der Waals surface area contributed by atoms with E-state index in [-0.39, 0.29) is 11.6 Å². The predicted octanol–water partition coefficient (Wildman–Crippen LogP) is 3.80. The van der Waals surface area contributed by atoms with Crippen molar-refractivity contribution >= 4 is 11.3 Å². The van der Waals surface area contributed by atoms with Gasteiger partial charge in [-0.05, 0) is 38.8 Å². The van der Waals surface area contributed by atoms with Gasteiger partial charge in [0, 0.05) is 16.4 Å². The monoisotopic (exact) mass is 253 g/mol. The summed E-state index contributed by atoms with van der Waals surface area (Å²) in [6.07, 6.45) is 6.04. The van der Waals surface area contributed by atoms with E-state index >= 15 is 0 Å². The van der Waals surface area contributed by atoms with Crippen LogP contribution >= 0.6 is 11.3 Å². The number of hydrogen-bond donors (Lipinski definition) is 1. The van der Waals surface area contributed by atoms with Crippen LogP contribution in [0.5, 0.6) is 0 Å². The maximum Gasteiger partial charge on any atom is 0.0882 e. The van der Waals surface area contributed by atoms with Crippen molar-refractivity contribution in [3.8, 4) is 0 Å². The van der Waals surface area contributed by atoms with Gasteiger partial charge < -0.3 is 10.5 Å². The van der Waals surface area contributed by atoms with Gasteiger partial charge in [0.15, 0.2) is 0 Å². The molecule has 0 aliphatic heterocycles.